The van der Waals surface area contributed by atoms with E-state index in [1.807, 2.05) is 0 Å². The summed E-state index contributed by atoms with van der Waals surface area (Å²) in [6, 6.07) is 10.8. The van der Waals surface area contributed by atoms with Crippen LogP contribution in [0.15, 0.2) is 30.3 Å². The first-order chi connectivity index (χ1) is 8.66. The number of benzene rings is 1. The van der Waals surface area contributed by atoms with Gasteiger partial charge >= 0.3 is 0 Å². The number of fused-ring (bicyclic) bond motifs is 1. The van der Waals surface area contributed by atoms with Gasteiger partial charge in [0.2, 0.25) is 0 Å². The van der Waals surface area contributed by atoms with E-state index in [0.29, 0.717) is 10.8 Å². The van der Waals surface area contributed by atoms with Crippen molar-refractivity contribution in [2.75, 3.05) is 0 Å². The maximum Gasteiger partial charge on any atom is 0.195 e. The molecule has 0 saturated heterocycles. The molecule has 0 amide bonds. The number of aromatic nitrogens is 3. The third kappa shape index (κ3) is 1.79. The van der Waals surface area contributed by atoms with E-state index < -0.39 is 0 Å². The molecule has 0 unspecified atom stereocenters. The van der Waals surface area contributed by atoms with Gasteiger partial charge in [-0.15, -0.1) is 11.3 Å². The fourth-order valence-corrected chi connectivity index (χ4v) is 3.44. The summed E-state index contributed by atoms with van der Waals surface area (Å²) in [5.74, 6) is 0.927. The molecule has 3 rings (SSSR count). The molecule has 0 bridgehead atoms. The van der Waals surface area contributed by atoms with Crippen LogP contribution in [-0.2, 0) is 0 Å². The molecule has 2 heterocycles. The number of aromatic amines is 1. The van der Waals surface area contributed by atoms with E-state index in [0.717, 1.165) is 10.7 Å². The molecule has 0 spiro atoms. The molecule has 18 heavy (non-hydrogen) atoms. The summed E-state index contributed by atoms with van der Waals surface area (Å²) in [7, 11) is 0. The van der Waals surface area contributed by atoms with Crippen LogP contribution in [0.4, 0.5) is 0 Å². The van der Waals surface area contributed by atoms with E-state index in [1.165, 1.54) is 10.1 Å². The highest BCUT2D eigenvalue weighted by molar-refractivity contribution is 7.71. The SMILES string of the molecule is CC(C)n1c(-c2cc3ccccc3s2)n[nH]c1=S. The summed E-state index contributed by atoms with van der Waals surface area (Å²) < 4.78 is 4.01. The summed E-state index contributed by atoms with van der Waals surface area (Å²) >= 11 is 7.03. The van der Waals surface area contributed by atoms with Crippen molar-refractivity contribution in [3.05, 3.63) is 35.1 Å². The van der Waals surface area contributed by atoms with E-state index in [4.69, 9.17) is 12.2 Å². The highest BCUT2D eigenvalue weighted by Gasteiger charge is 2.13. The Balaban J connectivity index is 2.23. The zero-order valence-corrected chi connectivity index (χ0v) is 11.8. The molecule has 0 atom stereocenters. The van der Waals surface area contributed by atoms with Crippen molar-refractivity contribution >= 4 is 33.6 Å². The second kappa shape index (κ2) is 4.33. The number of nitrogens with one attached hydrogen (secondary N) is 1. The van der Waals surface area contributed by atoms with Crippen LogP contribution >= 0.6 is 23.6 Å². The number of hydrogen-bond donors (Lipinski definition) is 1. The normalized spacial score (nSPS) is 11.5. The van der Waals surface area contributed by atoms with Gasteiger partial charge in [-0.1, -0.05) is 18.2 Å². The van der Waals surface area contributed by atoms with Crippen LogP contribution in [0.5, 0.6) is 0 Å². The first-order valence-electron chi connectivity index (χ1n) is 5.82. The van der Waals surface area contributed by atoms with Crippen LogP contribution in [-0.4, -0.2) is 14.8 Å². The van der Waals surface area contributed by atoms with Crippen LogP contribution in [0, 0.1) is 4.77 Å². The highest BCUT2D eigenvalue weighted by Crippen LogP contribution is 2.33. The third-order valence-corrected chi connectivity index (χ3v) is 4.27. The van der Waals surface area contributed by atoms with Crippen molar-refractivity contribution in [2.24, 2.45) is 0 Å². The van der Waals surface area contributed by atoms with Crippen LogP contribution in [0.2, 0.25) is 0 Å². The van der Waals surface area contributed by atoms with E-state index >= 15 is 0 Å². The van der Waals surface area contributed by atoms with Gasteiger partial charge in [0.1, 0.15) is 0 Å². The lowest BCUT2D eigenvalue weighted by molar-refractivity contribution is 0.597. The predicted octanol–water partition coefficient (Wildman–Crippen LogP) is 4.40. The average Bonchev–Trinajstić information content (AvgIpc) is 2.91. The average molecular weight is 275 g/mol. The van der Waals surface area contributed by atoms with Gasteiger partial charge in [0.25, 0.3) is 0 Å². The number of rotatable bonds is 2. The smallest absolute Gasteiger partial charge is 0.195 e. The molecule has 92 valence electrons. The fourth-order valence-electron chi connectivity index (χ4n) is 2.05. The molecule has 0 radical (unpaired) electrons. The van der Waals surface area contributed by atoms with E-state index in [-0.39, 0.29) is 0 Å². The minimum atomic E-state index is 0.302. The Morgan fingerprint density at radius 2 is 2.11 bits per heavy atom. The van der Waals surface area contributed by atoms with Crippen molar-refractivity contribution in [1.29, 1.82) is 0 Å². The Labute approximate surface area is 114 Å². The highest BCUT2D eigenvalue weighted by atomic mass is 32.1. The molecule has 0 fully saturated rings. The van der Waals surface area contributed by atoms with Gasteiger partial charge in [0.05, 0.1) is 4.88 Å². The van der Waals surface area contributed by atoms with E-state index in [9.17, 15) is 0 Å². The third-order valence-electron chi connectivity index (χ3n) is 2.87. The zero-order valence-electron chi connectivity index (χ0n) is 10.2. The van der Waals surface area contributed by atoms with Crippen molar-refractivity contribution in [1.82, 2.24) is 14.8 Å². The topological polar surface area (TPSA) is 33.6 Å². The van der Waals surface area contributed by atoms with Gasteiger partial charge in [-0.05, 0) is 43.6 Å². The Kier molecular flexibility index (Phi) is 2.80. The Morgan fingerprint density at radius 1 is 1.33 bits per heavy atom. The number of nitrogens with zero attached hydrogens (tertiary/aromatic N) is 2. The Hall–Kier alpha value is -1.46. The number of thiophene rings is 1. The standard InChI is InChI=1S/C13H13N3S2/c1-8(2)16-12(14-15-13(16)17)11-7-9-5-3-4-6-10(9)18-11/h3-8H,1-2H3,(H,15,17). The van der Waals surface area contributed by atoms with Gasteiger partial charge in [-0.2, -0.15) is 5.10 Å². The molecule has 0 aliphatic rings. The first-order valence-corrected chi connectivity index (χ1v) is 7.05. The lowest BCUT2D eigenvalue weighted by Gasteiger charge is -2.08. The van der Waals surface area contributed by atoms with Gasteiger partial charge in [0, 0.05) is 10.7 Å². The summed E-state index contributed by atoms with van der Waals surface area (Å²) in [5.41, 5.74) is 0. The number of H-pyrrole nitrogens is 1. The van der Waals surface area contributed by atoms with Gasteiger partial charge in [-0.3, -0.25) is 9.67 Å². The zero-order chi connectivity index (χ0) is 12.7. The Bertz CT molecular complexity index is 716. The van der Waals surface area contributed by atoms with Crippen LogP contribution in [0.1, 0.15) is 19.9 Å². The molecule has 5 heteroatoms. The molecule has 0 saturated carbocycles. The van der Waals surface area contributed by atoms with Gasteiger partial charge in [-0.25, -0.2) is 0 Å². The second-order valence-electron chi connectivity index (χ2n) is 4.46. The van der Waals surface area contributed by atoms with Crippen molar-refractivity contribution in [3.8, 4) is 10.7 Å². The maximum absolute atomic E-state index is 5.28. The lowest BCUT2D eigenvalue weighted by atomic mass is 10.2. The molecule has 1 aromatic carbocycles. The molecule has 3 aromatic rings. The summed E-state index contributed by atoms with van der Waals surface area (Å²) in [4.78, 5) is 1.15. The largest absolute Gasteiger partial charge is 0.297 e. The first kappa shape index (κ1) is 11.6. The molecule has 0 aliphatic heterocycles. The van der Waals surface area contributed by atoms with Crippen LogP contribution in [0.25, 0.3) is 20.8 Å². The molecule has 3 nitrogen and oxygen atoms in total. The van der Waals surface area contributed by atoms with Crippen molar-refractivity contribution in [3.63, 3.8) is 0 Å². The Morgan fingerprint density at radius 3 is 2.83 bits per heavy atom. The monoisotopic (exact) mass is 275 g/mol. The fraction of sp³-hybridized carbons (Fsp3) is 0.231. The van der Waals surface area contributed by atoms with Crippen molar-refractivity contribution < 1.29 is 0 Å². The van der Waals surface area contributed by atoms with Crippen LogP contribution < -0.4 is 0 Å². The molecule has 2 aromatic heterocycles. The van der Waals surface area contributed by atoms with E-state index in [1.54, 1.807) is 11.3 Å². The van der Waals surface area contributed by atoms with Gasteiger partial charge < -0.3 is 0 Å². The number of hydrogen-bond acceptors (Lipinski definition) is 3. The van der Waals surface area contributed by atoms with E-state index in [2.05, 4.69) is 58.9 Å². The lowest BCUT2D eigenvalue weighted by Crippen LogP contribution is -2.02. The minimum absolute atomic E-state index is 0.302. The molecular weight excluding hydrogens is 262 g/mol. The maximum atomic E-state index is 5.28. The van der Waals surface area contributed by atoms with Gasteiger partial charge in [0.15, 0.2) is 10.6 Å². The predicted molar refractivity (Wildman–Crippen MR) is 78.6 cm³/mol. The van der Waals surface area contributed by atoms with Crippen molar-refractivity contribution in [2.45, 2.75) is 19.9 Å². The van der Waals surface area contributed by atoms with Crippen LogP contribution in [0.3, 0.4) is 0 Å². The quantitative estimate of drug-likeness (QED) is 0.703. The molecule has 0 aliphatic carbocycles. The molecular formula is C13H13N3S2. The summed E-state index contributed by atoms with van der Waals surface area (Å²) in [6.07, 6.45) is 0. The minimum Gasteiger partial charge on any atom is -0.297 e. The summed E-state index contributed by atoms with van der Waals surface area (Å²) in [5, 5.41) is 8.49. The summed E-state index contributed by atoms with van der Waals surface area (Å²) in [6.45, 7) is 4.23. The molecule has 1 N–H and O–H groups in total. The second-order valence-corrected chi connectivity index (χ2v) is 5.94.